The molecule has 0 aliphatic heterocycles. The molecule has 6 nitrogen and oxygen atoms in total. The van der Waals surface area contributed by atoms with Crippen LogP contribution >= 0.6 is 0 Å². The first-order valence-electron chi connectivity index (χ1n) is 8.81. The van der Waals surface area contributed by atoms with Crippen molar-refractivity contribution < 1.29 is 28.6 Å². The van der Waals surface area contributed by atoms with Gasteiger partial charge in [-0.2, -0.15) is 0 Å². The number of esters is 3. The summed E-state index contributed by atoms with van der Waals surface area (Å²) in [6, 6.07) is 0. The summed E-state index contributed by atoms with van der Waals surface area (Å²) in [5.74, 6) is -1.99. The van der Waals surface area contributed by atoms with E-state index < -0.39 is 30.1 Å². The van der Waals surface area contributed by atoms with Crippen LogP contribution in [0.5, 0.6) is 0 Å². The zero-order valence-electron chi connectivity index (χ0n) is 16.2. The standard InChI is InChI=1S/C19H32O6/c1-7-8-9-10-11-15(3)24-16(20)12-14(2)18(22)23-13-17(21)25-19(4,5)6/h15H,2,7-13H2,1,3-6H3/t15-/m0/s1. The first kappa shape index (κ1) is 23.1. The molecule has 0 N–H and O–H groups in total. The fraction of sp³-hybridized carbons (Fsp3) is 0.737. The number of hydrogen-bond acceptors (Lipinski definition) is 6. The second-order valence-electron chi connectivity index (χ2n) is 7.09. The lowest BCUT2D eigenvalue weighted by atomic mass is 10.1. The third-order valence-electron chi connectivity index (χ3n) is 3.18. The average molecular weight is 356 g/mol. The Bertz CT molecular complexity index is 461. The summed E-state index contributed by atoms with van der Waals surface area (Å²) in [6.07, 6.45) is 4.77. The Balaban J connectivity index is 4.07. The molecule has 0 aliphatic carbocycles. The summed E-state index contributed by atoms with van der Waals surface area (Å²) in [7, 11) is 0. The summed E-state index contributed by atoms with van der Waals surface area (Å²) in [5, 5.41) is 0. The van der Waals surface area contributed by atoms with Gasteiger partial charge in [-0.25, -0.2) is 9.59 Å². The quantitative estimate of drug-likeness (QED) is 0.243. The van der Waals surface area contributed by atoms with E-state index in [2.05, 4.69) is 13.5 Å². The first-order valence-corrected chi connectivity index (χ1v) is 8.81. The smallest absolute Gasteiger partial charge is 0.344 e. The highest BCUT2D eigenvalue weighted by Gasteiger charge is 2.20. The molecule has 1 atom stereocenters. The van der Waals surface area contributed by atoms with Crippen LogP contribution in [0.25, 0.3) is 0 Å². The lowest BCUT2D eigenvalue weighted by Crippen LogP contribution is -2.27. The van der Waals surface area contributed by atoms with E-state index in [1.165, 1.54) is 6.42 Å². The van der Waals surface area contributed by atoms with Gasteiger partial charge in [-0.3, -0.25) is 4.79 Å². The van der Waals surface area contributed by atoms with Gasteiger partial charge < -0.3 is 14.2 Å². The van der Waals surface area contributed by atoms with Crippen LogP contribution in [-0.4, -0.2) is 36.2 Å². The van der Waals surface area contributed by atoms with Crippen molar-refractivity contribution in [3.05, 3.63) is 12.2 Å². The fourth-order valence-corrected chi connectivity index (χ4v) is 2.03. The van der Waals surface area contributed by atoms with Gasteiger partial charge in [-0.15, -0.1) is 0 Å². The molecule has 0 saturated carbocycles. The van der Waals surface area contributed by atoms with E-state index in [0.717, 1.165) is 25.7 Å². The van der Waals surface area contributed by atoms with Gasteiger partial charge in [0.15, 0.2) is 6.61 Å². The molecular formula is C19H32O6. The Labute approximate surface area is 150 Å². The van der Waals surface area contributed by atoms with E-state index in [-0.39, 0.29) is 18.1 Å². The summed E-state index contributed by atoms with van der Waals surface area (Å²) in [6.45, 7) is 12.1. The van der Waals surface area contributed by atoms with Crippen LogP contribution in [0.3, 0.4) is 0 Å². The molecule has 0 rings (SSSR count). The Kier molecular flexibility index (Phi) is 10.8. The lowest BCUT2D eigenvalue weighted by molar-refractivity contribution is -0.165. The Morgan fingerprint density at radius 2 is 1.68 bits per heavy atom. The van der Waals surface area contributed by atoms with Gasteiger partial charge >= 0.3 is 17.9 Å². The van der Waals surface area contributed by atoms with E-state index in [4.69, 9.17) is 14.2 Å². The van der Waals surface area contributed by atoms with Crippen LogP contribution < -0.4 is 0 Å². The largest absolute Gasteiger partial charge is 0.462 e. The molecule has 0 aliphatic rings. The molecule has 0 heterocycles. The van der Waals surface area contributed by atoms with Gasteiger partial charge in [0.1, 0.15) is 5.60 Å². The fourth-order valence-electron chi connectivity index (χ4n) is 2.03. The lowest BCUT2D eigenvalue weighted by Gasteiger charge is -2.19. The molecular weight excluding hydrogens is 324 g/mol. The van der Waals surface area contributed by atoms with E-state index in [1.807, 2.05) is 6.92 Å². The van der Waals surface area contributed by atoms with Gasteiger partial charge in [-0.1, -0.05) is 32.8 Å². The number of rotatable bonds is 11. The molecule has 0 bridgehead atoms. The van der Waals surface area contributed by atoms with E-state index in [1.54, 1.807) is 20.8 Å². The van der Waals surface area contributed by atoms with E-state index in [9.17, 15) is 14.4 Å². The monoisotopic (exact) mass is 356 g/mol. The molecule has 0 saturated heterocycles. The maximum atomic E-state index is 11.8. The van der Waals surface area contributed by atoms with Gasteiger partial charge in [0.05, 0.1) is 12.5 Å². The summed E-state index contributed by atoms with van der Waals surface area (Å²) in [5.41, 5.74) is -0.704. The number of carbonyl (C=O) groups is 3. The molecule has 0 aromatic heterocycles. The van der Waals surface area contributed by atoms with Gasteiger partial charge in [0.2, 0.25) is 0 Å². The molecule has 0 unspecified atom stereocenters. The van der Waals surface area contributed by atoms with E-state index >= 15 is 0 Å². The molecule has 6 heteroatoms. The third kappa shape index (κ3) is 13.2. The van der Waals surface area contributed by atoms with Crippen LogP contribution in [0.4, 0.5) is 0 Å². The molecule has 144 valence electrons. The number of ether oxygens (including phenoxy) is 3. The van der Waals surface area contributed by atoms with Crippen molar-refractivity contribution >= 4 is 17.9 Å². The first-order chi connectivity index (χ1) is 11.5. The summed E-state index contributed by atoms with van der Waals surface area (Å²) in [4.78, 5) is 35.0. The number of hydrogen-bond donors (Lipinski definition) is 0. The van der Waals surface area contributed by atoms with Crippen LogP contribution in [-0.2, 0) is 28.6 Å². The van der Waals surface area contributed by atoms with Gasteiger partial charge in [0, 0.05) is 5.57 Å². The average Bonchev–Trinajstić information content (AvgIpc) is 2.47. The van der Waals surface area contributed by atoms with Crippen LogP contribution in [0, 0.1) is 0 Å². The van der Waals surface area contributed by atoms with Crippen molar-refractivity contribution in [1.82, 2.24) is 0 Å². The maximum absolute atomic E-state index is 11.8. The molecule has 0 spiro atoms. The summed E-state index contributed by atoms with van der Waals surface area (Å²) < 4.78 is 15.1. The highest BCUT2D eigenvalue weighted by atomic mass is 16.6. The number of carbonyl (C=O) groups excluding carboxylic acids is 3. The van der Waals surface area contributed by atoms with Crippen molar-refractivity contribution in [1.29, 1.82) is 0 Å². The van der Waals surface area contributed by atoms with Crippen molar-refractivity contribution in [2.24, 2.45) is 0 Å². The molecule has 0 radical (unpaired) electrons. The Hall–Kier alpha value is -1.85. The molecule has 0 amide bonds. The second kappa shape index (κ2) is 11.7. The predicted molar refractivity (Wildman–Crippen MR) is 94.9 cm³/mol. The van der Waals surface area contributed by atoms with Gasteiger partial charge in [0.25, 0.3) is 0 Å². The molecule has 0 aromatic rings. The minimum atomic E-state index is -0.807. The number of unbranched alkanes of at least 4 members (excludes halogenated alkanes) is 3. The Morgan fingerprint density at radius 3 is 2.24 bits per heavy atom. The van der Waals surface area contributed by atoms with Crippen molar-refractivity contribution in [3.63, 3.8) is 0 Å². The highest BCUT2D eigenvalue weighted by molar-refractivity contribution is 5.94. The maximum Gasteiger partial charge on any atom is 0.344 e. The highest BCUT2D eigenvalue weighted by Crippen LogP contribution is 2.11. The predicted octanol–water partition coefficient (Wildman–Crippen LogP) is 3.72. The molecule has 0 fully saturated rings. The van der Waals surface area contributed by atoms with Crippen LogP contribution in [0.15, 0.2) is 12.2 Å². The van der Waals surface area contributed by atoms with Crippen LogP contribution in [0.2, 0.25) is 0 Å². The molecule has 0 aromatic carbocycles. The zero-order chi connectivity index (χ0) is 19.5. The van der Waals surface area contributed by atoms with Crippen LogP contribution in [0.1, 0.15) is 73.1 Å². The normalized spacial score (nSPS) is 12.2. The van der Waals surface area contributed by atoms with Gasteiger partial charge in [-0.05, 0) is 40.5 Å². The van der Waals surface area contributed by atoms with E-state index in [0.29, 0.717) is 0 Å². The minimum absolute atomic E-state index is 0.0493. The van der Waals surface area contributed by atoms with Crippen molar-refractivity contribution in [3.8, 4) is 0 Å². The van der Waals surface area contributed by atoms with Crippen molar-refractivity contribution in [2.45, 2.75) is 84.8 Å². The Morgan fingerprint density at radius 1 is 1.04 bits per heavy atom. The second-order valence-corrected chi connectivity index (χ2v) is 7.09. The topological polar surface area (TPSA) is 78.9 Å². The third-order valence-corrected chi connectivity index (χ3v) is 3.18. The zero-order valence-corrected chi connectivity index (χ0v) is 16.2. The SMILES string of the molecule is C=C(CC(=O)O[C@@H](C)CCCCCC)C(=O)OCC(=O)OC(C)(C)C. The summed E-state index contributed by atoms with van der Waals surface area (Å²) >= 11 is 0. The minimum Gasteiger partial charge on any atom is -0.462 e. The molecule has 25 heavy (non-hydrogen) atoms. The van der Waals surface area contributed by atoms with Crippen molar-refractivity contribution in [2.75, 3.05) is 6.61 Å².